The number of carbonyl (C=O) groups excluding carboxylic acids is 2. The van der Waals surface area contributed by atoms with Gasteiger partial charge in [0.25, 0.3) is 5.91 Å². The number of carbonyl (C=O) groups is 2. The SMILES string of the molecule is CC(=O)NCc1ccc(C(=O)Nc2ccc(Oc3ccc(Cl)cc3)nc2)s1. The Kier molecular flexibility index (Phi) is 6.05. The van der Waals surface area contributed by atoms with Crippen molar-refractivity contribution in [1.82, 2.24) is 10.3 Å². The number of hydrogen-bond acceptors (Lipinski definition) is 5. The molecule has 0 unspecified atom stereocenters. The third kappa shape index (κ3) is 5.54. The van der Waals surface area contributed by atoms with E-state index in [0.29, 0.717) is 33.8 Å². The molecule has 6 nitrogen and oxygen atoms in total. The standard InChI is InChI=1S/C19H16ClN3O3S/c1-12(24)21-11-16-7-8-17(27-16)19(25)23-14-4-9-18(22-10-14)26-15-5-2-13(20)3-6-15/h2-10H,11H2,1H3,(H,21,24)(H,23,25). The first kappa shape index (κ1) is 18.9. The van der Waals surface area contributed by atoms with Crippen LogP contribution < -0.4 is 15.4 Å². The van der Waals surface area contributed by atoms with E-state index in [1.165, 1.54) is 24.5 Å². The highest BCUT2D eigenvalue weighted by molar-refractivity contribution is 7.14. The van der Waals surface area contributed by atoms with Gasteiger partial charge in [-0.3, -0.25) is 9.59 Å². The summed E-state index contributed by atoms with van der Waals surface area (Å²) in [5, 5.41) is 6.11. The van der Waals surface area contributed by atoms with Crippen LogP contribution in [0, 0.1) is 0 Å². The van der Waals surface area contributed by atoms with Gasteiger partial charge in [0, 0.05) is 22.9 Å². The van der Waals surface area contributed by atoms with Gasteiger partial charge < -0.3 is 15.4 Å². The first-order valence-corrected chi connectivity index (χ1v) is 9.23. The van der Waals surface area contributed by atoms with Crippen molar-refractivity contribution in [1.29, 1.82) is 0 Å². The number of benzene rings is 1. The molecule has 2 aromatic heterocycles. The van der Waals surface area contributed by atoms with Gasteiger partial charge >= 0.3 is 0 Å². The summed E-state index contributed by atoms with van der Waals surface area (Å²) in [7, 11) is 0. The van der Waals surface area contributed by atoms with Crippen molar-refractivity contribution in [3.8, 4) is 11.6 Å². The van der Waals surface area contributed by atoms with Crippen LogP contribution in [0.15, 0.2) is 54.7 Å². The number of hydrogen-bond donors (Lipinski definition) is 2. The zero-order valence-corrected chi connectivity index (χ0v) is 15.9. The molecule has 0 bridgehead atoms. The summed E-state index contributed by atoms with van der Waals surface area (Å²) in [4.78, 5) is 28.9. The molecule has 138 valence electrons. The molecule has 0 radical (unpaired) electrons. The molecule has 0 aliphatic rings. The van der Waals surface area contributed by atoms with E-state index in [2.05, 4.69) is 15.6 Å². The quantitative estimate of drug-likeness (QED) is 0.638. The summed E-state index contributed by atoms with van der Waals surface area (Å²) in [5.74, 6) is 0.682. The van der Waals surface area contributed by atoms with Gasteiger partial charge in [-0.1, -0.05) is 11.6 Å². The minimum atomic E-state index is -0.234. The van der Waals surface area contributed by atoms with Crippen molar-refractivity contribution in [3.05, 3.63) is 69.5 Å². The summed E-state index contributed by atoms with van der Waals surface area (Å²) in [5.41, 5.74) is 0.556. The van der Waals surface area contributed by atoms with Crippen molar-refractivity contribution in [3.63, 3.8) is 0 Å². The molecule has 2 amide bonds. The second-order valence-electron chi connectivity index (χ2n) is 5.57. The van der Waals surface area contributed by atoms with Gasteiger partial charge in [-0.25, -0.2) is 4.98 Å². The van der Waals surface area contributed by atoms with Crippen LogP contribution in [-0.2, 0) is 11.3 Å². The van der Waals surface area contributed by atoms with Gasteiger partial charge in [0.2, 0.25) is 11.8 Å². The predicted molar refractivity (Wildman–Crippen MR) is 106 cm³/mol. The molecule has 0 spiro atoms. The lowest BCUT2D eigenvalue weighted by molar-refractivity contribution is -0.119. The summed E-state index contributed by atoms with van der Waals surface area (Å²) in [6.07, 6.45) is 1.52. The van der Waals surface area contributed by atoms with Gasteiger partial charge in [0.05, 0.1) is 23.3 Å². The number of nitrogens with one attached hydrogen (secondary N) is 2. The molecule has 0 saturated carbocycles. The maximum absolute atomic E-state index is 12.3. The average molecular weight is 402 g/mol. The molecule has 27 heavy (non-hydrogen) atoms. The van der Waals surface area contributed by atoms with Crippen LogP contribution in [0.4, 0.5) is 5.69 Å². The number of aromatic nitrogens is 1. The Morgan fingerprint density at radius 3 is 2.56 bits per heavy atom. The van der Waals surface area contributed by atoms with Crippen molar-refractivity contribution >= 4 is 40.4 Å². The first-order chi connectivity index (χ1) is 13.0. The molecular formula is C19H16ClN3O3S. The third-order valence-corrected chi connectivity index (χ3v) is 4.76. The molecule has 0 aliphatic carbocycles. The van der Waals surface area contributed by atoms with E-state index in [1.807, 2.05) is 6.07 Å². The van der Waals surface area contributed by atoms with Gasteiger partial charge in [0.15, 0.2) is 0 Å². The van der Waals surface area contributed by atoms with E-state index in [-0.39, 0.29) is 11.8 Å². The molecule has 0 atom stereocenters. The highest BCUT2D eigenvalue weighted by Crippen LogP contribution is 2.23. The van der Waals surface area contributed by atoms with E-state index < -0.39 is 0 Å². The topological polar surface area (TPSA) is 80.3 Å². The van der Waals surface area contributed by atoms with Crippen LogP contribution in [0.25, 0.3) is 0 Å². The summed E-state index contributed by atoms with van der Waals surface area (Å²) in [6.45, 7) is 1.86. The molecule has 0 aliphatic heterocycles. The predicted octanol–water partition coefficient (Wildman–Crippen LogP) is 4.48. The second kappa shape index (κ2) is 8.66. The highest BCUT2D eigenvalue weighted by Gasteiger charge is 2.10. The normalized spacial score (nSPS) is 10.3. The average Bonchev–Trinajstić information content (AvgIpc) is 3.13. The first-order valence-electron chi connectivity index (χ1n) is 8.03. The number of halogens is 1. The Morgan fingerprint density at radius 2 is 1.89 bits per heavy atom. The lowest BCUT2D eigenvalue weighted by Gasteiger charge is -2.06. The fraction of sp³-hybridized carbons (Fsp3) is 0.105. The number of nitrogens with zero attached hydrogens (tertiary/aromatic N) is 1. The third-order valence-electron chi connectivity index (χ3n) is 3.43. The Labute approximate surface area is 165 Å². The van der Waals surface area contributed by atoms with Crippen molar-refractivity contribution < 1.29 is 14.3 Å². The smallest absolute Gasteiger partial charge is 0.265 e. The summed E-state index contributed by atoms with van der Waals surface area (Å²) < 4.78 is 5.61. The number of amides is 2. The summed E-state index contributed by atoms with van der Waals surface area (Å²) >= 11 is 7.16. The Bertz CT molecular complexity index is 940. The fourth-order valence-corrected chi connectivity index (χ4v) is 3.11. The van der Waals surface area contributed by atoms with Crippen molar-refractivity contribution in [2.24, 2.45) is 0 Å². The van der Waals surface area contributed by atoms with Crippen LogP contribution in [0.5, 0.6) is 11.6 Å². The van der Waals surface area contributed by atoms with E-state index >= 15 is 0 Å². The van der Waals surface area contributed by atoms with E-state index in [1.54, 1.807) is 42.5 Å². The molecule has 0 fully saturated rings. The Hall–Kier alpha value is -2.90. The molecule has 1 aromatic carbocycles. The molecule has 2 N–H and O–H groups in total. The molecule has 3 aromatic rings. The van der Waals surface area contributed by atoms with Gasteiger partial charge in [-0.2, -0.15) is 0 Å². The number of rotatable bonds is 6. The van der Waals surface area contributed by atoms with Gasteiger partial charge in [-0.15, -0.1) is 11.3 Å². The number of pyridine rings is 1. The lowest BCUT2D eigenvalue weighted by Crippen LogP contribution is -2.18. The maximum atomic E-state index is 12.3. The van der Waals surface area contributed by atoms with Crippen LogP contribution in [0.1, 0.15) is 21.5 Å². The zero-order chi connectivity index (χ0) is 19.2. The van der Waals surface area contributed by atoms with Gasteiger partial charge in [0.1, 0.15) is 5.75 Å². The molecule has 3 rings (SSSR count). The second-order valence-corrected chi connectivity index (χ2v) is 7.18. The summed E-state index contributed by atoms with van der Waals surface area (Å²) in [6, 6.07) is 13.9. The molecule has 8 heteroatoms. The monoisotopic (exact) mass is 401 g/mol. The Morgan fingerprint density at radius 1 is 1.11 bits per heavy atom. The number of anilines is 1. The van der Waals surface area contributed by atoms with E-state index in [4.69, 9.17) is 16.3 Å². The Balaban J connectivity index is 1.58. The largest absolute Gasteiger partial charge is 0.439 e. The number of ether oxygens (including phenoxy) is 1. The minimum absolute atomic E-state index is 0.110. The maximum Gasteiger partial charge on any atom is 0.265 e. The number of thiophene rings is 1. The highest BCUT2D eigenvalue weighted by atomic mass is 35.5. The van der Waals surface area contributed by atoms with Crippen molar-refractivity contribution in [2.75, 3.05) is 5.32 Å². The van der Waals surface area contributed by atoms with E-state index in [0.717, 1.165) is 4.88 Å². The van der Waals surface area contributed by atoms with Crippen LogP contribution in [-0.4, -0.2) is 16.8 Å². The zero-order valence-electron chi connectivity index (χ0n) is 14.4. The molecule has 2 heterocycles. The van der Waals surface area contributed by atoms with Crippen LogP contribution in [0.2, 0.25) is 5.02 Å². The lowest BCUT2D eigenvalue weighted by atomic mass is 10.3. The van der Waals surface area contributed by atoms with E-state index in [9.17, 15) is 9.59 Å². The van der Waals surface area contributed by atoms with Crippen LogP contribution in [0.3, 0.4) is 0 Å². The van der Waals surface area contributed by atoms with Crippen molar-refractivity contribution in [2.45, 2.75) is 13.5 Å². The van der Waals surface area contributed by atoms with Gasteiger partial charge in [-0.05, 0) is 42.5 Å². The molecule has 0 saturated heterocycles. The molecular weight excluding hydrogens is 386 g/mol. The fourth-order valence-electron chi connectivity index (χ4n) is 2.14. The van der Waals surface area contributed by atoms with Crippen LogP contribution >= 0.6 is 22.9 Å². The minimum Gasteiger partial charge on any atom is -0.439 e.